The summed E-state index contributed by atoms with van der Waals surface area (Å²) in [7, 11) is 3.83. The van der Waals surface area contributed by atoms with Gasteiger partial charge in [0.05, 0.1) is 29.9 Å². The van der Waals surface area contributed by atoms with Gasteiger partial charge in [0.15, 0.2) is 0 Å². The molecule has 9 nitrogen and oxygen atoms in total. The number of aromatic nitrogens is 2. The monoisotopic (exact) mass is 464 g/mol. The Balaban J connectivity index is 0.000000423. The average molecular weight is 464 g/mol. The second-order valence-electron chi connectivity index (χ2n) is 6.98. The first kappa shape index (κ1) is 24.6. The van der Waals surface area contributed by atoms with Crippen LogP contribution >= 0.6 is 0 Å². The van der Waals surface area contributed by atoms with Crippen LogP contribution in [0.25, 0.3) is 0 Å². The van der Waals surface area contributed by atoms with E-state index in [4.69, 9.17) is 14.6 Å². The van der Waals surface area contributed by atoms with E-state index >= 15 is 0 Å². The Bertz CT molecular complexity index is 1030. The molecule has 0 unspecified atom stereocenters. The van der Waals surface area contributed by atoms with E-state index in [2.05, 4.69) is 5.10 Å². The molecule has 0 fully saturated rings. The number of methoxy groups -OCH3 is 1. The molecular formula is C18H23F3N4O5S. The number of rotatable bonds is 5. The van der Waals surface area contributed by atoms with Crippen molar-refractivity contribution in [1.29, 1.82) is 0 Å². The molecule has 1 aliphatic heterocycles. The molecule has 3 rings (SSSR count). The van der Waals surface area contributed by atoms with Crippen LogP contribution in [-0.2, 0) is 41.5 Å². The van der Waals surface area contributed by atoms with E-state index in [1.807, 2.05) is 26.0 Å². The molecule has 0 saturated carbocycles. The molecule has 0 bridgehead atoms. The lowest BCUT2D eigenvalue weighted by Gasteiger charge is -2.17. The van der Waals surface area contributed by atoms with Crippen molar-refractivity contribution in [1.82, 2.24) is 19.0 Å². The quantitative estimate of drug-likeness (QED) is 0.720. The van der Waals surface area contributed by atoms with Gasteiger partial charge in [-0.1, -0.05) is 0 Å². The number of carboxylic acid groups (broad SMARTS) is 1. The van der Waals surface area contributed by atoms with Gasteiger partial charge in [-0.05, 0) is 38.4 Å². The van der Waals surface area contributed by atoms with Crippen molar-refractivity contribution in [3.63, 3.8) is 0 Å². The molecule has 2 aromatic rings. The van der Waals surface area contributed by atoms with Crippen LogP contribution < -0.4 is 4.74 Å². The topological polar surface area (TPSA) is 105 Å². The smallest absolute Gasteiger partial charge is 0.490 e. The Hall–Kier alpha value is -2.64. The molecule has 31 heavy (non-hydrogen) atoms. The molecule has 0 radical (unpaired) electrons. The minimum Gasteiger partial charge on any atom is -0.497 e. The molecule has 1 aliphatic rings. The molecule has 1 aromatic carbocycles. The normalized spacial score (nSPS) is 14.2. The molecule has 1 N–H and O–H groups in total. The zero-order chi connectivity index (χ0) is 23.6. The van der Waals surface area contributed by atoms with Crippen LogP contribution in [0.3, 0.4) is 0 Å². The highest BCUT2D eigenvalue weighted by molar-refractivity contribution is 7.89. The maximum Gasteiger partial charge on any atom is 0.490 e. The summed E-state index contributed by atoms with van der Waals surface area (Å²) in [5, 5.41) is 11.6. The van der Waals surface area contributed by atoms with E-state index in [1.54, 1.807) is 36.1 Å². The molecule has 0 amide bonds. The zero-order valence-corrected chi connectivity index (χ0v) is 18.2. The Morgan fingerprint density at radius 1 is 1.23 bits per heavy atom. The second-order valence-corrected chi connectivity index (χ2v) is 8.92. The number of alkyl halides is 3. The fraction of sp³-hybridized carbons (Fsp3) is 0.444. The van der Waals surface area contributed by atoms with Crippen LogP contribution in [0.4, 0.5) is 13.2 Å². The van der Waals surface area contributed by atoms with E-state index in [0.29, 0.717) is 25.4 Å². The lowest BCUT2D eigenvalue weighted by Crippen LogP contribution is -2.27. The van der Waals surface area contributed by atoms with E-state index < -0.39 is 22.2 Å². The average Bonchev–Trinajstić information content (AvgIpc) is 3.23. The number of sulfonamides is 1. The van der Waals surface area contributed by atoms with E-state index in [1.165, 1.54) is 4.31 Å². The highest BCUT2D eigenvalue weighted by Gasteiger charge is 2.38. The highest BCUT2D eigenvalue weighted by atomic mass is 32.2. The first-order valence-electron chi connectivity index (χ1n) is 8.90. The third kappa shape index (κ3) is 5.74. The number of hydrogen-bond acceptors (Lipinski definition) is 6. The van der Waals surface area contributed by atoms with Crippen molar-refractivity contribution in [2.24, 2.45) is 7.05 Å². The van der Waals surface area contributed by atoms with Gasteiger partial charge in [0.25, 0.3) is 0 Å². The largest absolute Gasteiger partial charge is 0.497 e. The molecular weight excluding hydrogens is 441 g/mol. The summed E-state index contributed by atoms with van der Waals surface area (Å²) in [5.41, 5.74) is 2.91. The van der Waals surface area contributed by atoms with Gasteiger partial charge in [-0.3, -0.25) is 4.68 Å². The Kier molecular flexibility index (Phi) is 7.34. The molecule has 0 atom stereocenters. The summed E-state index contributed by atoms with van der Waals surface area (Å²) in [6, 6.07) is 6.48. The summed E-state index contributed by atoms with van der Waals surface area (Å²) in [5.74, 6) is -2.12. The van der Waals surface area contributed by atoms with Gasteiger partial charge in [-0.25, -0.2) is 13.2 Å². The number of aliphatic carboxylic acids is 1. The standard InChI is InChI=1S/C16H22N4O3S.C2HF3O2/c1-18(2)10-15-14-9-20(11-16(14)19(3)17-15)24(21,22)13-7-5-12(23-4)6-8-13;3-2(4,5)1(6)7/h5-8H,9-11H2,1-4H3;(H,6,7). The third-order valence-electron chi connectivity index (χ3n) is 4.42. The minimum atomic E-state index is -5.08. The van der Waals surface area contributed by atoms with Gasteiger partial charge < -0.3 is 14.7 Å². The van der Waals surface area contributed by atoms with Gasteiger partial charge in [0.1, 0.15) is 5.75 Å². The van der Waals surface area contributed by atoms with Gasteiger partial charge in [0, 0.05) is 25.7 Å². The number of hydrogen-bond donors (Lipinski definition) is 1. The number of aryl methyl sites for hydroxylation is 1. The molecule has 0 aliphatic carbocycles. The van der Waals surface area contributed by atoms with Crippen molar-refractivity contribution in [2.45, 2.75) is 30.7 Å². The van der Waals surface area contributed by atoms with E-state index in [-0.39, 0.29) is 4.90 Å². The van der Waals surface area contributed by atoms with Gasteiger partial charge >= 0.3 is 12.1 Å². The molecule has 1 aromatic heterocycles. The van der Waals surface area contributed by atoms with Crippen molar-refractivity contribution < 1.29 is 36.2 Å². The van der Waals surface area contributed by atoms with Crippen molar-refractivity contribution >= 4 is 16.0 Å². The number of ether oxygens (including phenoxy) is 1. The third-order valence-corrected chi connectivity index (χ3v) is 6.23. The molecule has 13 heteroatoms. The maximum atomic E-state index is 12.9. The highest BCUT2D eigenvalue weighted by Crippen LogP contribution is 2.31. The predicted octanol–water partition coefficient (Wildman–Crippen LogP) is 1.83. The predicted molar refractivity (Wildman–Crippen MR) is 104 cm³/mol. The number of fused-ring (bicyclic) bond motifs is 1. The van der Waals surface area contributed by atoms with Crippen molar-refractivity contribution in [3.05, 3.63) is 41.2 Å². The fourth-order valence-electron chi connectivity index (χ4n) is 2.94. The summed E-state index contributed by atoms with van der Waals surface area (Å²) in [6.07, 6.45) is -5.08. The van der Waals surface area contributed by atoms with Crippen LogP contribution in [-0.4, -0.2) is 65.9 Å². The Morgan fingerprint density at radius 3 is 2.23 bits per heavy atom. The Labute approximate surface area is 177 Å². The summed E-state index contributed by atoms with van der Waals surface area (Å²) < 4.78 is 65.9. The summed E-state index contributed by atoms with van der Waals surface area (Å²) >= 11 is 0. The maximum absolute atomic E-state index is 12.9. The molecule has 172 valence electrons. The van der Waals surface area contributed by atoms with Crippen molar-refractivity contribution in [2.75, 3.05) is 21.2 Å². The number of carboxylic acids is 1. The SMILES string of the molecule is COc1ccc(S(=O)(=O)N2Cc3c(CN(C)C)nn(C)c3C2)cc1.O=C(O)C(F)(F)F. The van der Waals surface area contributed by atoms with Crippen LogP contribution in [0.15, 0.2) is 29.2 Å². The molecule has 2 heterocycles. The van der Waals surface area contributed by atoms with Gasteiger partial charge in [-0.2, -0.15) is 22.6 Å². The zero-order valence-electron chi connectivity index (χ0n) is 17.3. The van der Waals surface area contributed by atoms with Crippen LogP contribution in [0.1, 0.15) is 17.0 Å². The minimum absolute atomic E-state index is 0.276. The van der Waals surface area contributed by atoms with Crippen molar-refractivity contribution in [3.8, 4) is 5.75 Å². The molecule has 0 saturated heterocycles. The summed E-state index contributed by atoms with van der Waals surface area (Å²) in [4.78, 5) is 11.2. The fourth-order valence-corrected chi connectivity index (χ4v) is 4.31. The first-order valence-corrected chi connectivity index (χ1v) is 10.3. The summed E-state index contributed by atoms with van der Waals surface area (Å²) in [6.45, 7) is 1.40. The lowest BCUT2D eigenvalue weighted by atomic mass is 10.2. The van der Waals surface area contributed by atoms with Gasteiger partial charge in [-0.15, -0.1) is 0 Å². The van der Waals surface area contributed by atoms with E-state index in [9.17, 15) is 21.6 Å². The lowest BCUT2D eigenvalue weighted by molar-refractivity contribution is -0.192. The van der Waals surface area contributed by atoms with Crippen LogP contribution in [0.2, 0.25) is 0 Å². The second kappa shape index (κ2) is 9.24. The van der Waals surface area contributed by atoms with E-state index in [0.717, 1.165) is 17.0 Å². The number of carbonyl (C=O) groups is 1. The Morgan fingerprint density at radius 2 is 1.77 bits per heavy atom. The van der Waals surface area contributed by atoms with Crippen LogP contribution in [0, 0.1) is 0 Å². The first-order chi connectivity index (χ1) is 14.3. The van der Waals surface area contributed by atoms with Gasteiger partial charge in [0.2, 0.25) is 10.0 Å². The number of halogens is 3. The van der Waals surface area contributed by atoms with Crippen LogP contribution in [0.5, 0.6) is 5.75 Å². The molecule has 0 spiro atoms. The number of benzene rings is 1. The number of nitrogens with zero attached hydrogens (tertiary/aromatic N) is 4.